The van der Waals surface area contributed by atoms with E-state index in [4.69, 9.17) is 43.1 Å². The predicted molar refractivity (Wildman–Crippen MR) is 128 cm³/mol. The summed E-state index contributed by atoms with van der Waals surface area (Å²) in [6, 6.07) is 13.7. The van der Waals surface area contributed by atoms with Gasteiger partial charge in [0.1, 0.15) is 33.7 Å². The summed E-state index contributed by atoms with van der Waals surface area (Å²) >= 11 is 12.6. The van der Waals surface area contributed by atoms with Crippen LogP contribution in [0.15, 0.2) is 54.9 Å². The van der Waals surface area contributed by atoms with Gasteiger partial charge in [0.05, 0.1) is 19.9 Å². The number of anilines is 2. The van der Waals surface area contributed by atoms with Crippen molar-refractivity contribution < 1.29 is 19.0 Å². The SMILES string of the molecule is COc1cc(NC(=O)c2cccc3cc(Oc4cc(N)ncn4)ccc23)c(Cl)c(OC)c1Cl. The molecular formula is C23H18Cl2N4O4. The second kappa shape index (κ2) is 9.40. The normalized spacial score (nSPS) is 10.7. The van der Waals surface area contributed by atoms with Crippen LogP contribution in [0.2, 0.25) is 10.0 Å². The van der Waals surface area contributed by atoms with Gasteiger partial charge < -0.3 is 25.3 Å². The quantitative estimate of drug-likeness (QED) is 0.367. The number of hydrogen-bond donors (Lipinski definition) is 2. The standard InChI is InChI=1S/C23H18Cl2N4O4/c1-31-17-9-16(20(24)22(32-2)21(17)25)29-23(30)15-5-3-4-12-8-13(6-7-14(12)15)33-19-10-18(26)27-11-28-19/h3-11H,1-2H3,(H,29,30)(H2,26,27,28). The van der Waals surface area contributed by atoms with Gasteiger partial charge in [-0.1, -0.05) is 35.3 Å². The average molecular weight is 485 g/mol. The number of fused-ring (bicyclic) bond motifs is 1. The van der Waals surface area contributed by atoms with E-state index in [9.17, 15) is 4.79 Å². The summed E-state index contributed by atoms with van der Waals surface area (Å²) < 4.78 is 16.3. The van der Waals surface area contributed by atoms with Crippen molar-refractivity contribution in [1.82, 2.24) is 9.97 Å². The van der Waals surface area contributed by atoms with Crippen molar-refractivity contribution in [3.05, 3.63) is 70.5 Å². The van der Waals surface area contributed by atoms with Gasteiger partial charge >= 0.3 is 0 Å². The number of hydrogen-bond acceptors (Lipinski definition) is 7. The second-order valence-electron chi connectivity index (χ2n) is 6.81. The van der Waals surface area contributed by atoms with Gasteiger partial charge in [0, 0.05) is 17.7 Å². The Morgan fingerprint density at radius 3 is 2.55 bits per heavy atom. The Morgan fingerprint density at radius 2 is 1.82 bits per heavy atom. The number of rotatable bonds is 6. The van der Waals surface area contributed by atoms with Crippen LogP contribution in [0.5, 0.6) is 23.1 Å². The smallest absolute Gasteiger partial charge is 0.256 e. The Labute approximate surface area is 199 Å². The van der Waals surface area contributed by atoms with Crippen molar-refractivity contribution in [2.75, 3.05) is 25.3 Å². The number of ether oxygens (including phenoxy) is 3. The van der Waals surface area contributed by atoms with Gasteiger partial charge in [0.15, 0.2) is 5.75 Å². The zero-order valence-electron chi connectivity index (χ0n) is 17.6. The molecule has 0 aliphatic heterocycles. The Balaban J connectivity index is 1.65. The van der Waals surface area contributed by atoms with Crippen LogP contribution in [0.1, 0.15) is 10.4 Å². The zero-order chi connectivity index (χ0) is 23.5. The first-order valence-corrected chi connectivity index (χ1v) is 10.4. The highest BCUT2D eigenvalue weighted by atomic mass is 35.5. The van der Waals surface area contributed by atoms with Gasteiger partial charge in [-0.2, -0.15) is 0 Å². The summed E-state index contributed by atoms with van der Waals surface area (Å²) in [6.45, 7) is 0. The lowest BCUT2D eigenvalue weighted by Crippen LogP contribution is -2.13. The third-order valence-electron chi connectivity index (χ3n) is 4.78. The van der Waals surface area contributed by atoms with Crippen LogP contribution in [-0.2, 0) is 0 Å². The monoisotopic (exact) mass is 484 g/mol. The van der Waals surface area contributed by atoms with Crippen molar-refractivity contribution in [3.63, 3.8) is 0 Å². The molecule has 0 spiro atoms. The topological polar surface area (TPSA) is 109 Å². The molecule has 1 heterocycles. The number of nitrogens with one attached hydrogen (secondary N) is 1. The van der Waals surface area contributed by atoms with Crippen LogP contribution in [-0.4, -0.2) is 30.1 Å². The van der Waals surface area contributed by atoms with Crippen molar-refractivity contribution in [2.45, 2.75) is 0 Å². The minimum absolute atomic E-state index is 0.164. The highest BCUT2D eigenvalue weighted by Gasteiger charge is 2.20. The summed E-state index contributed by atoms with van der Waals surface area (Å²) in [7, 11) is 2.89. The molecule has 3 aromatic carbocycles. The van der Waals surface area contributed by atoms with E-state index in [1.54, 1.807) is 30.3 Å². The molecule has 0 aliphatic carbocycles. The molecule has 0 atom stereocenters. The third-order valence-corrected chi connectivity index (χ3v) is 5.51. The molecule has 8 nitrogen and oxygen atoms in total. The van der Waals surface area contributed by atoms with E-state index >= 15 is 0 Å². The Bertz CT molecular complexity index is 1360. The molecule has 168 valence electrons. The van der Waals surface area contributed by atoms with Crippen molar-refractivity contribution >= 4 is 51.4 Å². The molecule has 1 aromatic heterocycles. The van der Waals surface area contributed by atoms with Crippen LogP contribution < -0.4 is 25.3 Å². The van der Waals surface area contributed by atoms with Crippen molar-refractivity contribution in [2.24, 2.45) is 0 Å². The maximum absolute atomic E-state index is 13.1. The summed E-state index contributed by atoms with van der Waals surface area (Å²) in [5.74, 6) is 1.31. The molecule has 4 rings (SSSR count). The largest absolute Gasteiger partial charge is 0.495 e. The molecule has 0 radical (unpaired) electrons. The lowest BCUT2D eigenvalue weighted by Gasteiger charge is -2.15. The number of methoxy groups -OCH3 is 2. The number of halogens is 2. The average Bonchev–Trinajstić information content (AvgIpc) is 2.80. The number of benzene rings is 3. The van der Waals surface area contributed by atoms with Gasteiger partial charge in [-0.05, 0) is 35.0 Å². The fourth-order valence-electron chi connectivity index (χ4n) is 3.25. The predicted octanol–water partition coefficient (Wildman–Crippen LogP) is 5.58. The Morgan fingerprint density at radius 1 is 1.00 bits per heavy atom. The lowest BCUT2D eigenvalue weighted by atomic mass is 10.0. The third kappa shape index (κ3) is 4.57. The molecule has 0 aliphatic rings. The maximum atomic E-state index is 13.1. The second-order valence-corrected chi connectivity index (χ2v) is 7.57. The fraction of sp³-hybridized carbons (Fsp3) is 0.0870. The molecule has 10 heteroatoms. The van der Waals surface area contributed by atoms with E-state index in [-0.39, 0.29) is 21.7 Å². The molecule has 3 N–H and O–H groups in total. The Kier molecular flexibility index (Phi) is 6.39. The minimum Gasteiger partial charge on any atom is -0.495 e. The highest BCUT2D eigenvalue weighted by molar-refractivity contribution is 6.40. The van der Waals surface area contributed by atoms with E-state index in [1.165, 1.54) is 32.7 Å². The molecular weight excluding hydrogens is 467 g/mol. The molecule has 1 amide bonds. The van der Waals surface area contributed by atoms with E-state index in [2.05, 4.69) is 15.3 Å². The van der Waals surface area contributed by atoms with E-state index in [0.29, 0.717) is 39.8 Å². The van der Waals surface area contributed by atoms with Crippen LogP contribution >= 0.6 is 23.2 Å². The number of carbonyl (C=O) groups excluding carboxylic acids is 1. The molecule has 0 unspecified atom stereocenters. The number of aromatic nitrogens is 2. The maximum Gasteiger partial charge on any atom is 0.256 e. The minimum atomic E-state index is -0.369. The van der Waals surface area contributed by atoms with Gasteiger partial charge in [0.2, 0.25) is 5.88 Å². The number of amides is 1. The molecule has 0 saturated heterocycles. The summed E-state index contributed by atoms with van der Waals surface area (Å²) in [5.41, 5.74) is 6.41. The lowest BCUT2D eigenvalue weighted by molar-refractivity contribution is 0.102. The molecule has 4 aromatic rings. The van der Waals surface area contributed by atoms with E-state index in [0.717, 1.165) is 5.39 Å². The number of nitrogen functional groups attached to an aromatic ring is 1. The highest BCUT2D eigenvalue weighted by Crippen LogP contribution is 2.44. The van der Waals surface area contributed by atoms with Crippen LogP contribution in [0.4, 0.5) is 11.5 Å². The van der Waals surface area contributed by atoms with Gasteiger partial charge in [-0.15, -0.1) is 0 Å². The van der Waals surface area contributed by atoms with E-state index in [1.807, 2.05) is 6.07 Å². The summed E-state index contributed by atoms with van der Waals surface area (Å²) in [5, 5.41) is 4.69. The fourth-order valence-corrected chi connectivity index (χ4v) is 3.88. The Hall–Kier alpha value is -3.75. The van der Waals surface area contributed by atoms with Crippen LogP contribution in [0, 0.1) is 0 Å². The number of nitrogens with two attached hydrogens (primary N) is 1. The molecule has 0 saturated carbocycles. The van der Waals surface area contributed by atoms with Gasteiger partial charge in [0.25, 0.3) is 5.91 Å². The van der Waals surface area contributed by atoms with Crippen LogP contribution in [0.3, 0.4) is 0 Å². The summed E-state index contributed by atoms with van der Waals surface area (Å²) in [6.07, 6.45) is 1.32. The van der Waals surface area contributed by atoms with Gasteiger partial charge in [-0.25, -0.2) is 9.97 Å². The number of nitrogens with zero attached hydrogens (tertiary/aromatic N) is 2. The molecule has 33 heavy (non-hydrogen) atoms. The zero-order valence-corrected chi connectivity index (χ0v) is 19.1. The first-order chi connectivity index (χ1) is 15.9. The van der Waals surface area contributed by atoms with Crippen LogP contribution in [0.25, 0.3) is 10.8 Å². The van der Waals surface area contributed by atoms with Crippen molar-refractivity contribution in [3.8, 4) is 23.1 Å². The number of carbonyl (C=O) groups is 1. The first kappa shape index (κ1) is 22.4. The molecule has 0 bridgehead atoms. The first-order valence-electron chi connectivity index (χ1n) is 9.60. The van der Waals surface area contributed by atoms with Gasteiger partial charge in [-0.3, -0.25) is 4.79 Å². The van der Waals surface area contributed by atoms with Crippen molar-refractivity contribution in [1.29, 1.82) is 0 Å². The molecule has 0 fully saturated rings. The van der Waals surface area contributed by atoms with E-state index < -0.39 is 0 Å². The summed E-state index contributed by atoms with van der Waals surface area (Å²) in [4.78, 5) is 21.0.